The molecule has 0 saturated heterocycles. The van der Waals surface area contributed by atoms with Gasteiger partial charge < -0.3 is 10.6 Å². The van der Waals surface area contributed by atoms with Gasteiger partial charge in [0.1, 0.15) is 0 Å². The van der Waals surface area contributed by atoms with Crippen molar-refractivity contribution in [1.29, 1.82) is 0 Å². The molecule has 3 amide bonds. The fourth-order valence-corrected chi connectivity index (χ4v) is 2.77. The number of rotatable bonds is 2. The molecule has 4 rings (SSSR count). The number of urea groups is 1. The van der Waals surface area contributed by atoms with Crippen LogP contribution in [0.3, 0.4) is 0 Å². The third-order valence-corrected chi connectivity index (χ3v) is 3.78. The highest BCUT2D eigenvalue weighted by molar-refractivity contribution is 6.06. The first-order valence-electron chi connectivity index (χ1n) is 6.99. The van der Waals surface area contributed by atoms with Gasteiger partial charge in [-0.15, -0.1) is 0 Å². The molecule has 2 aliphatic rings. The molecule has 2 aliphatic heterocycles. The fourth-order valence-electron chi connectivity index (χ4n) is 2.77. The Morgan fingerprint density at radius 2 is 2.00 bits per heavy atom. The van der Waals surface area contributed by atoms with Crippen LogP contribution in [0.4, 0.5) is 16.2 Å². The van der Waals surface area contributed by atoms with Crippen LogP contribution in [0.1, 0.15) is 15.9 Å². The SMILES string of the molecule is O=C1N=c2ccc(NC(=O)c3cccc4c3CCN4)cc2=N1. The van der Waals surface area contributed by atoms with Crippen LogP contribution in [0.5, 0.6) is 0 Å². The van der Waals surface area contributed by atoms with Crippen molar-refractivity contribution in [2.45, 2.75) is 6.42 Å². The van der Waals surface area contributed by atoms with Crippen LogP contribution in [0, 0.1) is 0 Å². The third kappa shape index (κ3) is 2.05. The number of benzene rings is 2. The van der Waals surface area contributed by atoms with Crippen molar-refractivity contribution >= 4 is 23.3 Å². The van der Waals surface area contributed by atoms with Crippen molar-refractivity contribution in [3.8, 4) is 0 Å². The standard InChI is InChI=1S/C16H12N4O2/c21-15(11-2-1-3-12-10(11)6-7-17-12)18-9-4-5-13-14(8-9)20-16(22)19-13/h1-5,8,17H,6-7H2,(H,18,21). The smallest absolute Gasteiger partial charge is 0.368 e. The zero-order chi connectivity index (χ0) is 15.1. The minimum absolute atomic E-state index is 0.165. The maximum absolute atomic E-state index is 12.5. The van der Waals surface area contributed by atoms with E-state index in [0.29, 0.717) is 22.0 Å². The van der Waals surface area contributed by atoms with Crippen LogP contribution in [0.15, 0.2) is 46.4 Å². The van der Waals surface area contributed by atoms with Gasteiger partial charge in [-0.1, -0.05) is 6.07 Å². The molecule has 0 saturated carbocycles. The highest BCUT2D eigenvalue weighted by Gasteiger charge is 2.18. The van der Waals surface area contributed by atoms with E-state index >= 15 is 0 Å². The molecule has 0 aliphatic carbocycles. The third-order valence-electron chi connectivity index (χ3n) is 3.78. The minimum atomic E-state index is -0.509. The summed E-state index contributed by atoms with van der Waals surface area (Å²) in [6, 6.07) is 10.2. The average Bonchev–Trinajstić information content (AvgIpc) is 3.11. The second kappa shape index (κ2) is 4.77. The van der Waals surface area contributed by atoms with E-state index in [1.54, 1.807) is 18.2 Å². The normalized spacial score (nSPS) is 14.5. The lowest BCUT2D eigenvalue weighted by Crippen LogP contribution is -2.23. The summed E-state index contributed by atoms with van der Waals surface area (Å²) in [7, 11) is 0. The first kappa shape index (κ1) is 12.7. The van der Waals surface area contributed by atoms with Crippen LogP contribution in [-0.4, -0.2) is 18.5 Å². The van der Waals surface area contributed by atoms with Crippen molar-refractivity contribution < 1.29 is 9.59 Å². The molecule has 22 heavy (non-hydrogen) atoms. The summed E-state index contributed by atoms with van der Waals surface area (Å²) in [5.74, 6) is -0.165. The zero-order valence-electron chi connectivity index (χ0n) is 11.6. The van der Waals surface area contributed by atoms with E-state index in [0.717, 1.165) is 24.2 Å². The van der Waals surface area contributed by atoms with E-state index in [9.17, 15) is 9.59 Å². The molecule has 0 radical (unpaired) electrons. The average molecular weight is 292 g/mol. The van der Waals surface area contributed by atoms with Gasteiger partial charge in [-0.2, -0.15) is 9.98 Å². The zero-order valence-corrected chi connectivity index (χ0v) is 11.6. The summed E-state index contributed by atoms with van der Waals surface area (Å²) in [6.07, 6.45) is 0.839. The first-order chi connectivity index (χ1) is 10.7. The maximum atomic E-state index is 12.5. The topological polar surface area (TPSA) is 82.9 Å². The van der Waals surface area contributed by atoms with E-state index < -0.39 is 6.03 Å². The largest absolute Gasteiger partial charge is 0.384 e. The molecule has 2 N–H and O–H groups in total. The van der Waals surface area contributed by atoms with Crippen molar-refractivity contribution in [1.82, 2.24) is 0 Å². The summed E-state index contributed by atoms with van der Waals surface area (Å²) in [6.45, 7) is 0.848. The van der Waals surface area contributed by atoms with E-state index in [1.165, 1.54) is 0 Å². The van der Waals surface area contributed by atoms with Crippen molar-refractivity contribution in [3.05, 3.63) is 58.2 Å². The number of anilines is 2. The Morgan fingerprint density at radius 1 is 1.14 bits per heavy atom. The van der Waals surface area contributed by atoms with Gasteiger partial charge in [0.25, 0.3) is 5.91 Å². The number of nitrogens with zero attached hydrogens (tertiary/aromatic N) is 2. The molecular weight excluding hydrogens is 280 g/mol. The van der Waals surface area contributed by atoms with Crippen molar-refractivity contribution in [2.24, 2.45) is 9.98 Å². The highest BCUT2D eigenvalue weighted by atomic mass is 16.2. The van der Waals surface area contributed by atoms with Crippen LogP contribution >= 0.6 is 0 Å². The predicted molar refractivity (Wildman–Crippen MR) is 80.7 cm³/mol. The molecule has 2 aromatic carbocycles. The Bertz CT molecular complexity index is 934. The molecular formula is C16H12N4O2. The van der Waals surface area contributed by atoms with Crippen LogP contribution in [0.25, 0.3) is 0 Å². The number of hydrogen-bond acceptors (Lipinski definition) is 3. The van der Waals surface area contributed by atoms with Gasteiger partial charge in [0, 0.05) is 23.5 Å². The second-order valence-electron chi connectivity index (χ2n) is 5.17. The fraction of sp³-hybridized carbons (Fsp3) is 0.125. The highest BCUT2D eigenvalue weighted by Crippen LogP contribution is 2.25. The van der Waals surface area contributed by atoms with Crippen LogP contribution in [-0.2, 0) is 6.42 Å². The first-order valence-corrected chi connectivity index (χ1v) is 6.99. The number of amides is 3. The van der Waals surface area contributed by atoms with Crippen LogP contribution < -0.4 is 21.3 Å². The number of nitrogens with one attached hydrogen (secondary N) is 2. The van der Waals surface area contributed by atoms with Crippen molar-refractivity contribution in [3.63, 3.8) is 0 Å². The molecule has 6 nitrogen and oxygen atoms in total. The summed E-state index contributed by atoms with van der Waals surface area (Å²) >= 11 is 0. The number of carbonyl (C=O) groups excluding carboxylic acids is 2. The molecule has 0 atom stereocenters. The molecule has 2 heterocycles. The Hall–Kier alpha value is -3.02. The Labute approximate surface area is 125 Å². The lowest BCUT2D eigenvalue weighted by atomic mass is 10.0. The molecule has 108 valence electrons. The van der Waals surface area contributed by atoms with Gasteiger partial charge in [0.05, 0.1) is 10.7 Å². The number of hydrogen-bond donors (Lipinski definition) is 2. The predicted octanol–water partition coefficient (Wildman–Crippen LogP) is 1.28. The monoisotopic (exact) mass is 292 g/mol. The Kier molecular flexibility index (Phi) is 2.75. The van der Waals surface area contributed by atoms with Gasteiger partial charge >= 0.3 is 6.03 Å². The lowest BCUT2D eigenvalue weighted by molar-refractivity contribution is 0.102. The maximum Gasteiger partial charge on any atom is 0.368 e. The summed E-state index contributed by atoms with van der Waals surface area (Å²) in [4.78, 5) is 31.2. The number of carbonyl (C=O) groups is 2. The molecule has 0 bridgehead atoms. The van der Waals surface area contributed by atoms with Gasteiger partial charge in [-0.3, -0.25) is 4.79 Å². The summed E-state index contributed by atoms with van der Waals surface area (Å²) < 4.78 is 0. The molecule has 0 fully saturated rings. The van der Waals surface area contributed by atoms with Crippen molar-refractivity contribution in [2.75, 3.05) is 17.2 Å². The van der Waals surface area contributed by atoms with E-state index in [-0.39, 0.29) is 5.91 Å². The molecule has 0 spiro atoms. The Morgan fingerprint density at radius 3 is 2.91 bits per heavy atom. The van der Waals surface area contributed by atoms with Gasteiger partial charge in [-0.25, -0.2) is 4.79 Å². The second-order valence-corrected chi connectivity index (χ2v) is 5.17. The molecule has 6 heteroatoms. The van der Waals surface area contributed by atoms with E-state index in [2.05, 4.69) is 20.6 Å². The van der Waals surface area contributed by atoms with Gasteiger partial charge in [0.2, 0.25) is 0 Å². The molecule has 0 unspecified atom stereocenters. The van der Waals surface area contributed by atoms with Gasteiger partial charge in [0.15, 0.2) is 0 Å². The molecule has 2 aromatic rings. The quantitative estimate of drug-likeness (QED) is 0.874. The number of fused-ring (bicyclic) bond motifs is 2. The molecule has 0 aromatic heterocycles. The van der Waals surface area contributed by atoms with E-state index in [4.69, 9.17) is 0 Å². The summed E-state index contributed by atoms with van der Waals surface area (Å²) in [5.41, 5.74) is 3.32. The summed E-state index contributed by atoms with van der Waals surface area (Å²) in [5, 5.41) is 7.13. The lowest BCUT2D eigenvalue weighted by Gasteiger charge is -2.08. The van der Waals surface area contributed by atoms with Gasteiger partial charge in [-0.05, 0) is 42.3 Å². The van der Waals surface area contributed by atoms with E-state index in [1.807, 2.05) is 18.2 Å². The Balaban J connectivity index is 1.66. The minimum Gasteiger partial charge on any atom is -0.384 e. The van der Waals surface area contributed by atoms with Crippen LogP contribution in [0.2, 0.25) is 0 Å².